The van der Waals surface area contributed by atoms with Crippen LogP contribution in [0, 0.1) is 10.1 Å². The predicted molar refractivity (Wildman–Crippen MR) is 131 cm³/mol. The molecule has 35 heavy (non-hydrogen) atoms. The van der Waals surface area contributed by atoms with E-state index in [4.69, 9.17) is 4.74 Å². The Bertz CT molecular complexity index is 1240. The molecule has 1 unspecified atom stereocenters. The molecule has 3 heterocycles. The second-order valence-corrected chi connectivity index (χ2v) is 8.56. The van der Waals surface area contributed by atoms with Gasteiger partial charge in [-0.15, -0.1) is 0 Å². The standard InChI is InChI=1S/C24H23N5O5S/c1-3-19-21(23(31)34-2)22(15-7-9-17(10-8-15)29(32)33)28-18(14-35-24(28)27-19)12-20(30)26-13-16-6-4-5-11-25-16/h4-11,14,22H,3,12-13H2,1-2H3,(H,26,30). The third kappa shape index (κ3) is 5.09. The molecule has 0 saturated carbocycles. The van der Waals surface area contributed by atoms with Crippen molar-refractivity contribution in [2.75, 3.05) is 7.11 Å². The molecule has 2 aromatic rings. The van der Waals surface area contributed by atoms with E-state index in [2.05, 4.69) is 15.3 Å². The minimum Gasteiger partial charge on any atom is -0.466 e. The summed E-state index contributed by atoms with van der Waals surface area (Å²) in [6.45, 7) is 2.18. The number of hydrogen-bond acceptors (Lipinski definition) is 9. The lowest BCUT2D eigenvalue weighted by atomic mass is 9.92. The number of benzene rings is 1. The van der Waals surface area contributed by atoms with Gasteiger partial charge in [-0.25, -0.2) is 9.79 Å². The summed E-state index contributed by atoms with van der Waals surface area (Å²) in [6, 6.07) is 10.9. The maximum Gasteiger partial charge on any atom is 0.338 e. The van der Waals surface area contributed by atoms with Gasteiger partial charge < -0.3 is 15.0 Å². The summed E-state index contributed by atoms with van der Waals surface area (Å²) in [5.41, 5.74) is 2.91. The van der Waals surface area contributed by atoms with Crippen LogP contribution in [0.3, 0.4) is 0 Å². The van der Waals surface area contributed by atoms with E-state index in [0.717, 1.165) is 5.69 Å². The van der Waals surface area contributed by atoms with Gasteiger partial charge in [0, 0.05) is 24.0 Å². The van der Waals surface area contributed by atoms with Gasteiger partial charge in [0.25, 0.3) is 5.69 Å². The first kappa shape index (κ1) is 24.1. The molecule has 10 nitrogen and oxygen atoms in total. The minimum absolute atomic E-state index is 0.0538. The molecule has 180 valence electrons. The van der Waals surface area contributed by atoms with Crippen molar-refractivity contribution in [2.45, 2.75) is 32.4 Å². The first-order chi connectivity index (χ1) is 16.9. The summed E-state index contributed by atoms with van der Waals surface area (Å²) >= 11 is 1.36. The predicted octanol–water partition coefficient (Wildman–Crippen LogP) is 3.83. The smallest absolute Gasteiger partial charge is 0.338 e. The molecule has 1 amide bonds. The number of allylic oxidation sites excluding steroid dienone is 1. The number of thioether (sulfide) groups is 1. The van der Waals surface area contributed by atoms with Crippen LogP contribution in [-0.2, 0) is 20.9 Å². The minimum atomic E-state index is -0.643. The van der Waals surface area contributed by atoms with Gasteiger partial charge in [0.15, 0.2) is 5.17 Å². The molecule has 0 aliphatic carbocycles. The normalized spacial score (nSPS) is 16.9. The molecule has 1 N–H and O–H groups in total. The highest BCUT2D eigenvalue weighted by molar-refractivity contribution is 8.16. The molecule has 0 fully saturated rings. The Labute approximate surface area is 205 Å². The fourth-order valence-electron chi connectivity index (χ4n) is 3.92. The van der Waals surface area contributed by atoms with Crippen LogP contribution < -0.4 is 5.32 Å². The molecule has 0 bridgehead atoms. The van der Waals surface area contributed by atoms with Gasteiger partial charge in [-0.05, 0) is 41.7 Å². The van der Waals surface area contributed by atoms with Crippen molar-refractivity contribution in [2.24, 2.45) is 4.99 Å². The number of hydrogen-bond donors (Lipinski definition) is 1. The number of esters is 1. The number of aromatic nitrogens is 1. The van der Waals surface area contributed by atoms with E-state index in [1.54, 1.807) is 24.4 Å². The van der Waals surface area contributed by atoms with E-state index >= 15 is 0 Å². The van der Waals surface area contributed by atoms with E-state index in [1.165, 1.54) is 31.0 Å². The molecular weight excluding hydrogens is 470 g/mol. The zero-order chi connectivity index (χ0) is 24.9. The third-order valence-corrected chi connectivity index (χ3v) is 6.47. The van der Waals surface area contributed by atoms with Gasteiger partial charge in [0.05, 0.1) is 48.0 Å². The van der Waals surface area contributed by atoms with Crippen molar-refractivity contribution in [3.63, 3.8) is 0 Å². The van der Waals surface area contributed by atoms with Crippen LogP contribution >= 0.6 is 11.8 Å². The average molecular weight is 494 g/mol. The molecule has 0 spiro atoms. The van der Waals surface area contributed by atoms with Crippen LogP contribution in [-0.4, -0.2) is 39.0 Å². The van der Waals surface area contributed by atoms with Crippen molar-refractivity contribution < 1.29 is 19.2 Å². The van der Waals surface area contributed by atoms with Gasteiger partial charge in [-0.1, -0.05) is 24.8 Å². The fourth-order valence-corrected chi connectivity index (χ4v) is 4.86. The Balaban J connectivity index is 1.65. The Morgan fingerprint density at radius 1 is 1.23 bits per heavy atom. The summed E-state index contributed by atoms with van der Waals surface area (Å²) in [4.78, 5) is 47.0. The Hall–Kier alpha value is -3.99. The quantitative estimate of drug-likeness (QED) is 0.334. The zero-order valence-electron chi connectivity index (χ0n) is 19.1. The monoisotopic (exact) mass is 493 g/mol. The topological polar surface area (TPSA) is 127 Å². The Kier molecular flexibility index (Phi) is 7.25. The molecule has 4 rings (SSSR count). The summed E-state index contributed by atoms with van der Waals surface area (Å²) in [5.74, 6) is -0.750. The number of non-ortho nitro benzene ring substituents is 1. The van der Waals surface area contributed by atoms with Crippen LogP contribution in [0.5, 0.6) is 0 Å². The molecular formula is C24H23N5O5S. The molecule has 1 aromatic carbocycles. The molecule has 0 saturated heterocycles. The van der Waals surface area contributed by atoms with Crippen LogP contribution in [0.4, 0.5) is 5.69 Å². The number of carbonyl (C=O) groups is 2. The van der Waals surface area contributed by atoms with E-state index in [9.17, 15) is 19.7 Å². The number of nitrogens with one attached hydrogen (secondary N) is 1. The van der Waals surface area contributed by atoms with Crippen LogP contribution in [0.2, 0.25) is 0 Å². The lowest BCUT2D eigenvalue weighted by Crippen LogP contribution is -2.38. The van der Waals surface area contributed by atoms with Gasteiger partial charge >= 0.3 is 5.97 Å². The Morgan fingerprint density at radius 2 is 2.00 bits per heavy atom. The van der Waals surface area contributed by atoms with E-state index in [-0.39, 0.29) is 18.0 Å². The van der Waals surface area contributed by atoms with Crippen LogP contribution in [0.1, 0.15) is 37.1 Å². The number of carbonyl (C=O) groups excluding carboxylic acids is 2. The van der Waals surface area contributed by atoms with Gasteiger partial charge in [-0.2, -0.15) is 0 Å². The second-order valence-electron chi connectivity index (χ2n) is 7.72. The Morgan fingerprint density at radius 3 is 2.63 bits per heavy atom. The number of nitrogens with zero attached hydrogens (tertiary/aromatic N) is 4. The summed E-state index contributed by atoms with van der Waals surface area (Å²) in [6.07, 6.45) is 2.21. The van der Waals surface area contributed by atoms with E-state index in [1.807, 2.05) is 29.4 Å². The average Bonchev–Trinajstić information content (AvgIpc) is 3.28. The first-order valence-corrected chi connectivity index (χ1v) is 11.8. The van der Waals surface area contributed by atoms with Gasteiger partial charge in [0.2, 0.25) is 5.91 Å². The maximum atomic E-state index is 12.9. The van der Waals surface area contributed by atoms with Crippen molar-refractivity contribution in [3.05, 3.63) is 92.4 Å². The highest BCUT2D eigenvalue weighted by Crippen LogP contribution is 2.45. The third-order valence-electron chi connectivity index (χ3n) is 5.58. The number of amides is 1. The summed E-state index contributed by atoms with van der Waals surface area (Å²) in [5, 5.41) is 16.5. The number of methoxy groups -OCH3 is 1. The van der Waals surface area contributed by atoms with Crippen LogP contribution in [0.25, 0.3) is 0 Å². The first-order valence-electron chi connectivity index (χ1n) is 10.9. The summed E-state index contributed by atoms with van der Waals surface area (Å²) < 4.78 is 5.07. The second kappa shape index (κ2) is 10.5. The largest absolute Gasteiger partial charge is 0.466 e. The van der Waals surface area contributed by atoms with Crippen LogP contribution in [0.15, 0.2) is 76.0 Å². The SMILES string of the molecule is CCC1=C(C(=O)OC)C(c2ccc([N+](=O)[O-])cc2)N2C(CC(=O)NCc3ccccn3)=CSC2=N1. The number of ether oxygens (including phenoxy) is 1. The molecule has 1 atom stereocenters. The molecule has 0 radical (unpaired) electrons. The molecule has 2 aliphatic heterocycles. The van der Waals surface area contributed by atoms with Crippen molar-refractivity contribution in [1.82, 2.24) is 15.2 Å². The highest BCUT2D eigenvalue weighted by atomic mass is 32.2. The van der Waals surface area contributed by atoms with Crippen molar-refractivity contribution in [3.8, 4) is 0 Å². The number of amidine groups is 1. The van der Waals surface area contributed by atoms with E-state index < -0.39 is 16.9 Å². The number of aliphatic imine (C=N–C) groups is 1. The number of nitro groups is 1. The lowest BCUT2D eigenvalue weighted by Gasteiger charge is -2.36. The van der Waals surface area contributed by atoms with E-state index in [0.29, 0.717) is 40.7 Å². The molecule has 1 aromatic heterocycles. The number of rotatable bonds is 8. The zero-order valence-corrected chi connectivity index (χ0v) is 19.9. The maximum absolute atomic E-state index is 12.9. The number of pyridine rings is 1. The molecule has 2 aliphatic rings. The highest BCUT2D eigenvalue weighted by Gasteiger charge is 2.41. The van der Waals surface area contributed by atoms with Crippen molar-refractivity contribution in [1.29, 1.82) is 0 Å². The lowest BCUT2D eigenvalue weighted by molar-refractivity contribution is -0.384. The van der Waals surface area contributed by atoms with Crippen molar-refractivity contribution >= 4 is 34.5 Å². The van der Waals surface area contributed by atoms with Gasteiger partial charge in [-0.3, -0.25) is 19.9 Å². The van der Waals surface area contributed by atoms with Gasteiger partial charge in [0.1, 0.15) is 0 Å². The fraction of sp³-hybridized carbons (Fsp3) is 0.250. The summed E-state index contributed by atoms with van der Waals surface area (Å²) in [7, 11) is 1.30. The number of nitro benzene ring substituents is 1. The molecule has 11 heteroatoms. The number of fused-ring (bicyclic) bond motifs is 1.